The maximum Gasteiger partial charge on any atom is 0.270 e. The summed E-state index contributed by atoms with van der Waals surface area (Å²) in [5.74, 6) is -0.640. The van der Waals surface area contributed by atoms with Crippen LogP contribution in [0.3, 0.4) is 0 Å². The van der Waals surface area contributed by atoms with Crippen LogP contribution in [0.15, 0.2) is 76.6 Å². The number of nitrogens with one attached hydrogen (secondary N) is 2. The molecular weight excluding hydrogens is 408 g/mol. The number of nitrogens with zero attached hydrogens (tertiary/aromatic N) is 2. The van der Waals surface area contributed by atoms with Crippen molar-refractivity contribution in [2.24, 2.45) is 4.99 Å². The Hall–Kier alpha value is -3.45. The van der Waals surface area contributed by atoms with Crippen molar-refractivity contribution >= 4 is 36.0 Å². The van der Waals surface area contributed by atoms with Gasteiger partial charge in [-0.1, -0.05) is 42.5 Å². The number of thioether (sulfide) groups is 1. The highest BCUT2D eigenvalue weighted by atomic mass is 32.2. The number of carbonyl (C=O) groups excluding carboxylic acids is 2. The van der Waals surface area contributed by atoms with Gasteiger partial charge in [-0.25, -0.2) is 4.98 Å². The number of benzene rings is 2. The molecule has 0 saturated carbocycles. The third kappa shape index (κ3) is 6.26. The van der Waals surface area contributed by atoms with E-state index in [0.29, 0.717) is 13.1 Å². The van der Waals surface area contributed by atoms with Gasteiger partial charge in [0.05, 0.1) is 5.69 Å². The topological polar surface area (TPSA) is 83.5 Å². The molecule has 0 radical (unpaired) electrons. The summed E-state index contributed by atoms with van der Waals surface area (Å²) in [7, 11) is 0. The molecule has 0 aliphatic rings. The number of aliphatic imine (C=N–C) groups is 1. The zero-order chi connectivity index (χ0) is 22.1. The van der Waals surface area contributed by atoms with Crippen molar-refractivity contribution in [3.8, 4) is 0 Å². The third-order valence-corrected chi connectivity index (χ3v) is 5.39. The molecule has 1 heterocycles. The minimum absolute atomic E-state index is 0.199. The largest absolute Gasteiger partial charge is 0.350 e. The van der Waals surface area contributed by atoms with E-state index >= 15 is 0 Å². The number of pyridine rings is 1. The van der Waals surface area contributed by atoms with Gasteiger partial charge in [-0.15, -0.1) is 11.8 Å². The summed E-state index contributed by atoms with van der Waals surface area (Å²) in [5, 5.41) is 5.69. The standard InChI is InChI=1S/C24H24N4O2S/c1-25-19-12-11-18(15-22(19)31-2)16-27-24(30)21-10-6-9-20(28-21)23(29)26-14-13-17-7-4-3-5-8-17/h3-12,15H,1,13-14,16H2,2H3,(H,26,29)(H,27,30). The molecule has 0 fully saturated rings. The number of rotatable bonds is 9. The molecule has 1 aromatic heterocycles. The van der Waals surface area contributed by atoms with Gasteiger partial charge in [0.1, 0.15) is 11.4 Å². The summed E-state index contributed by atoms with van der Waals surface area (Å²) in [6.07, 6.45) is 2.69. The number of aromatic nitrogens is 1. The zero-order valence-corrected chi connectivity index (χ0v) is 18.1. The molecule has 2 amide bonds. The van der Waals surface area contributed by atoms with Crippen LogP contribution in [0.2, 0.25) is 0 Å². The Morgan fingerprint density at radius 3 is 2.32 bits per heavy atom. The van der Waals surface area contributed by atoms with E-state index in [4.69, 9.17) is 0 Å². The van der Waals surface area contributed by atoms with Crippen LogP contribution in [0, 0.1) is 0 Å². The average Bonchev–Trinajstić information content (AvgIpc) is 2.83. The van der Waals surface area contributed by atoms with Crippen molar-refractivity contribution in [1.29, 1.82) is 0 Å². The second kappa shape index (κ2) is 11.1. The lowest BCUT2D eigenvalue weighted by atomic mass is 10.1. The lowest BCUT2D eigenvalue weighted by molar-refractivity contribution is 0.0943. The van der Waals surface area contributed by atoms with Crippen LogP contribution in [0.4, 0.5) is 5.69 Å². The summed E-state index contributed by atoms with van der Waals surface area (Å²) in [6.45, 7) is 4.41. The molecule has 0 aliphatic carbocycles. The van der Waals surface area contributed by atoms with Crippen LogP contribution in [0.1, 0.15) is 32.1 Å². The van der Waals surface area contributed by atoms with Gasteiger partial charge in [0.25, 0.3) is 11.8 Å². The van der Waals surface area contributed by atoms with Crippen LogP contribution < -0.4 is 10.6 Å². The fourth-order valence-corrected chi connectivity index (χ4v) is 3.59. The van der Waals surface area contributed by atoms with E-state index in [2.05, 4.69) is 27.3 Å². The molecule has 0 unspecified atom stereocenters. The number of hydrogen-bond donors (Lipinski definition) is 2. The molecule has 0 bridgehead atoms. The van der Waals surface area contributed by atoms with Gasteiger partial charge in [-0.3, -0.25) is 14.6 Å². The molecular formula is C24H24N4O2S. The van der Waals surface area contributed by atoms with Crippen LogP contribution >= 0.6 is 11.8 Å². The number of amides is 2. The highest BCUT2D eigenvalue weighted by Crippen LogP contribution is 2.28. The number of hydrogen-bond acceptors (Lipinski definition) is 5. The van der Waals surface area contributed by atoms with Gasteiger partial charge in [-0.2, -0.15) is 0 Å². The molecule has 3 rings (SSSR count). The molecule has 0 aliphatic heterocycles. The second-order valence-corrected chi connectivity index (χ2v) is 7.59. The predicted octanol–water partition coefficient (Wildman–Crippen LogP) is 4.04. The maximum absolute atomic E-state index is 12.5. The Kier molecular flexibility index (Phi) is 7.95. The van der Waals surface area contributed by atoms with Gasteiger partial charge >= 0.3 is 0 Å². The van der Waals surface area contributed by atoms with E-state index in [-0.39, 0.29) is 23.2 Å². The summed E-state index contributed by atoms with van der Waals surface area (Å²) < 4.78 is 0. The lowest BCUT2D eigenvalue weighted by Gasteiger charge is -2.09. The molecule has 6 nitrogen and oxygen atoms in total. The quantitative estimate of drug-likeness (QED) is 0.395. The highest BCUT2D eigenvalue weighted by Gasteiger charge is 2.12. The SMILES string of the molecule is C=Nc1ccc(CNC(=O)c2cccc(C(=O)NCCc3ccccc3)n2)cc1SC. The number of carbonyl (C=O) groups is 2. The van der Waals surface area contributed by atoms with Crippen molar-refractivity contribution in [2.45, 2.75) is 17.9 Å². The van der Waals surface area contributed by atoms with E-state index in [0.717, 1.165) is 28.1 Å². The normalized spacial score (nSPS) is 10.4. The first-order valence-corrected chi connectivity index (χ1v) is 11.0. The molecule has 158 valence electrons. The van der Waals surface area contributed by atoms with Gasteiger partial charge < -0.3 is 10.6 Å². The molecule has 3 aromatic rings. The monoisotopic (exact) mass is 432 g/mol. The summed E-state index contributed by atoms with van der Waals surface area (Å²) in [4.78, 5) is 34.1. The van der Waals surface area contributed by atoms with E-state index in [1.54, 1.807) is 30.0 Å². The van der Waals surface area contributed by atoms with Crippen molar-refractivity contribution in [3.63, 3.8) is 0 Å². The minimum Gasteiger partial charge on any atom is -0.350 e. The van der Waals surface area contributed by atoms with Crippen molar-refractivity contribution in [1.82, 2.24) is 15.6 Å². The lowest BCUT2D eigenvalue weighted by Crippen LogP contribution is -2.28. The van der Waals surface area contributed by atoms with Gasteiger partial charge in [-0.05, 0) is 54.8 Å². The molecule has 31 heavy (non-hydrogen) atoms. The van der Waals surface area contributed by atoms with Crippen LogP contribution in [0.25, 0.3) is 0 Å². The van der Waals surface area contributed by atoms with Crippen molar-refractivity contribution < 1.29 is 9.59 Å². The third-order valence-electron chi connectivity index (χ3n) is 4.62. The Morgan fingerprint density at radius 1 is 0.935 bits per heavy atom. The van der Waals surface area contributed by atoms with E-state index in [9.17, 15) is 9.59 Å². The maximum atomic E-state index is 12.5. The minimum atomic E-state index is -0.337. The van der Waals surface area contributed by atoms with Crippen molar-refractivity contribution in [3.05, 3.63) is 89.2 Å². The Morgan fingerprint density at radius 2 is 1.65 bits per heavy atom. The fraction of sp³-hybridized carbons (Fsp3) is 0.167. The van der Waals surface area contributed by atoms with E-state index in [1.165, 1.54) is 0 Å². The first-order valence-electron chi connectivity index (χ1n) is 9.81. The van der Waals surface area contributed by atoms with Crippen LogP contribution in [0.5, 0.6) is 0 Å². The summed E-state index contributed by atoms with van der Waals surface area (Å²) in [5.41, 5.74) is 3.32. The predicted molar refractivity (Wildman–Crippen MR) is 125 cm³/mol. The average molecular weight is 433 g/mol. The van der Waals surface area contributed by atoms with Crippen molar-refractivity contribution in [2.75, 3.05) is 12.8 Å². The second-order valence-electron chi connectivity index (χ2n) is 6.75. The summed E-state index contributed by atoms with van der Waals surface area (Å²) >= 11 is 1.57. The fourth-order valence-electron chi connectivity index (χ4n) is 2.98. The van der Waals surface area contributed by atoms with Gasteiger partial charge in [0, 0.05) is 18.0 Å². The van der Waals surface area contributed by atoms with E-state index in [1.807, 2.05) is 54.8 Å². The Labute approximate surface area is 186 Å². The molecule has 2 aromatic carbocycles. The Balaban J connectivity index is 1.56. The van der Waals surface area contributed by atoms with Crippen LogP contribution in [-0.4, -0.2) is 36.3 Å². The molecule has 0 atom stereocenters. The van der Waals surface area contributed by atoms with Gasteiger partial charge in [0.15, 0.2) is 0 Å². The molecule has 7 heteroatoms. The molecule has 2 N–H and O–H groups in total. The zero-order valence-electron chi connectivity index (χ0n) is 17.3. The van der Waals surface area contributed by atoms with Gasteiger partial charge in [0.2, 0.25) is 0 Å². The first-order chi connectivity index (χ1) is 15.1. The Bertz CT molecular complexity index is 1070. The smallest absolute Gasteiger partial charge is 0.270 e. The molecule has 0 saturated heterocycles. The van der Waals surface area contributed by atoms with E-state index < -0.39 is 0 Å². The summed E-state index contributed by atoms with van der Waals surface area (Å²) in [6, 6.07) is 20.5. The highest BCUT2D eigenvalue weighted by molar-refractivity contribution is 7.98. The van der Waals surface area contributed by atoms with Crippen LogP contribution in [-0.2, 0) is 13.0 Å². The first kappa shape index (κ1) is 22.2. The molecule has 0 spiro atoms.